The second kappa shape index (κ2) is 15.5. The quantitative estimate of drug-likeness (QED) is 0.135. The predicted molar refractivity (Wildman–Crippen MR) is 205 cm³/mol. The minimum Gasteiger partial charge on any atom is -0.456 e. The molecule has 2 unspecified atom stereocenters. The number of rotatable bonds is 11. The summed E-state index contributed by atoms with van der Waals surface area (Å²) in [4.78, 5) is 28.9. The molecule has 49 heavy (non-hydrogen) atoms. The van der Waals surface area contributed by atoms with Gasteiger partial charge < -0.3 is 15.4 Å². The maximum absolute atomic E-state index is 13.2. The Hall–Kier alpha value is -3.68. The van der Waals surface area contributed by atoms with Gasteiger partial charge in [-0.3, -0.25) is 9.59 Å². The van der Waals surface area contributed by atoms with Gasteiger partial charge in [-0.05, 0) is 104 Å². The molecular weight excluding hydrogens is 645 g/mol. The van der Waals surface area contributed by atoms with Crippen LogP contribution >= 0.6 is 22.7 Å². The number of carbonyl (C=O) groups excluding carboxylic acids is 2. The SMILES string of the molecule is Cc1c(C(Nc2ccc(C(=O)NCCC(=O)OC(c3sc4ccccc4c3C)C3CCCCC3)cc2)C2CCCCC2)sc2ccccc12. The van der Waals surface area contributed by atoms with Crippen LogP contribution in [0.15, 0.2) is 72.8 Å². The molecule has 0 radical (unpaired) electrons. The molecule has 2 saturated carbocycles. The normalized spacial score (nSPS) is 17.2. The Bertz CT molecular complexity index is 1900. The Kier molecular flexibility index (Phi) is 10.7. The maximum Gasteiger partial charge on any atom is 0.308 e. The monoisotopic (exact) mass is 692 g/mol. The summed E-state index contributed by atoms with van der Waals surface area (Å²) in [5, 5.41) is 9.43. The van der Waals surface area contributed by atoms with Crippen molar-refractivity contribution in [2.24, 2.45) is 11.8 Å². The summed E-state index contributed by atoms with van der Waals surface area (Å²) in [6.45, 7) is 4.66. The van der Waals surface area contributed by atoms with Crippen LogP contribution in [0.25, 0.3) is 20.2 Å². The highest BCUT2D eigenvalue weighted by Gasteiger charge is 2.32. The van der Waals surface area contributed by atoms with E-state index in [4.69, 9.17) is 4.74 Å². The van der Waals surface area contributed by atoms with E-state index >= 15 is 0 Å². The van der Waals surface area contributed by atoms with Gasteiger partial charge in [0.2, 0.25) is 0 Å². The van der Waals surface area contributed by atoms with Gasteiger partial charge in [0.15, 0.2) is 0 Å². The third kappa shape index (κ3) is 7.58. The minimum absolute atomic E-state index is 0.149. The van der Waals surface area contributed by atoms with E-state index in [2.05, 4.69) is 73.0 Å². The number of fused-ring (bicyclic) bond motifs is 2. The van der Waals surface area contributed by atoms with Crippen molar-refractivity contribution >= 4 is 60.4 Å². The number of anilines is 1. The lowest BCUT2D eigenvalue weighted by atomic mass is 9.82. The van der Waals surface area contributed by atoms with Gasteiger partial charge in [0.1, 0.15) is 6.10 Å². The van der Waals surface area contributed by atoms with Crippen molar-refractivity contribution in [2.45, 2.75) is 96.6 Å². The van der Waals surface area contributed by atoms with Crippen LogP contribution in [0, 0.1) is 25.7 Å². The zero-order valence-corrected chi connectivity index (χ0v) is 30.4. The van der Waals surface area contributed by atoms with Crippen molar-refractivity contribution in [3.63, 3.8) is 0 Å². The first-order chi connectivity index (χ1) is 24.0. The zero-order chi connectivity index (χ0) is 33.7. The molecule has 2 heterocycles. The maximum atomic E-state index is 13.2. The summed E-state index contributed by atoms with van der Waals surface area (Å²) in [6, 6.07) is 25.2. The van der Waals surface area contributed by atoms with Crippen LogP contribution in [-0.2, 0) is 9.53 Å². The lowest BCUT2D eigenvalue weighted by molar-refractivity contribution is -0.152. The molecule has 5 nitrogen and oxygen atoms in total. The van der Waals surface area contributed by atoms with E-state index < -0.39 is 0 Å². The van der Waals surface area contributed by atoms with Gasteiger partial charge >= 0.3 is 5.97 Å². The van der Waals surface area contributed by atoms with Gasteiger partial charge in [-0.15, -0.1) is 22.7 Å². The molecule has 2 aromatic heterocycles. The number of ether oxygens (including phenoxy) is 1. The first kappa shape index (κ1) is 33.8. The molecule has 7 rings (SSSR count). The number of nitrogens with one attached hydrogen (secondary N) is 2. The highest BCUT2D eigenvalue weighted by atomic mass is 32.1. The summed E-state index contributed by atoms with van der Waals surface area (Å²) in [5.41, 5.74) is 4.21. The van der Waals surface area contributed by atoms with Crippen LogP contribution in [-0.4, -0.2) is 18.4 Å². The van der Waals surface area contributed by atoms with Gasteiger partial charge in [0.25, 0.3) is 5.91 Å². The van der Waals surface area contributed by atoms with Gasteiger partial charge in [-0.25, -0.2) is 0 Å². The van der Waals surface area contributed by atoms with Crippen molar-refractivity contribution in [1.82, 2.24) is 5.32 Å². The van der Waals surface area contributed by atoms with E-state index in [0.29, 0.717) is 17.4 Å². The zero-order valence-electron chi connectivity index (χ0n) is 28.8. The number of aryl methyl sites for hydroxylation is 2. The fraction of sp³-hybridized carbons (Fsp3) is 0.429. The van der Waals surface area contributed by atoms with Crippen LogP contribution in [0.1, 0.15) is 114 Å². The fourth-order valence-corrected chi connectivity index (χ4v) is 10.8. The minimum atomic E-state index is -0.252. The average Bonchev–Trinajstić information content (AvgIpc) is 3.66. The smallest absolute Gasteiger partial charge is 0.308 e. The molecule has 2 fully saturated rings. The second-order valence-corrected chi connectivity index (χ2v) is 16.3. The fourth-order valence-electron chi connectivity index (χ4n) is 8.10. The van der Waals surface area contributed by atoms with Crippen LogP contribution in [0.3, 0.4) is 0 Å². The molecule has 3 aromatic carbocycles. The number of thiophene rings is 2. The van der Waals surface area contributed by atoms with Crippen molar-refractivity contribution < 1.29 is 14.3 Å². The molecule has 2 N–H and O–H groups in total. The Balaban J connectivity index is 0.976. The lowest BCUT2D eigenvalue weighted by Crippen LogP contribution is -2.28. The first-order valence-electron chi connectivity index (χ1n) is 18.3. The van der Waals surface area contributed by atoms with E-state index in [9.17, 15) is 9.59 Å². The predicted octanol–water partition coefficient (Wildman–Crippen LogP) is 11.5. The van der Waals surface area contributed by atoms with Crippen LogP contribution in [0.4, 0.5) is 5.69 Å². The molecule has 2 atom stereocenters. The number of hydrogen-bond acceptors (Lipinski definition) is 6. The third-order valence-corrected chi connectivity index (χ3v) is 13.5. The van der Waals surface area contributed by atoms with E-state index in [1.807, 2.05) is 35.6 Å². The molecule has 2 aliphatic rings. The highest BCUT2D eigenvalue weighted by Crippen LogP contribution is 2.45. The van der Waals surface area contributed by atoms with Crippen molar-refractivity contribution in [3.05, 3.63) is 99.2 Å². The van der Waals surface area contributed by atoms with Crippen molar-refractivity contribution in [1.29, 1.82) is 0 Å². The first-order valence-corrected chi connectivity index (χ1v) is 19.9. The molecule has 0 spiro atoms. The Morgan fingerprint density at radius 3 is 1.88 bits per heavy atom. The number of esters is 1. The summed E-state index contributed by atoms with van der Waals surface area (Å²) < 4.78 is 8.83. The van der Waals surface area contributed by atoms with E-state index in [-0.39, 0.29) is 37.0 Å². The van der Waals surface area contributed by atoms with E-state index in [1.54, 1.807) is 11.3 Å². The molecule has 0 saturated heterocycles. The van der Waals surface area contributed by atoms with E-state index in [0.717, 1.165) is 18.5 Å². The van der Waals surface area contributed by atoms with Crippen LogP contribution in [0.2, 0.25) is 0 Å². The Morgan fingerprint density at radius 2 is 1.27 bits per heavy atom. The van der Waals surface area contributed by atoms with Gasteiger partial charge in [-0.2, -0.15) is 0 Å². The summed E-state index contributed by atoms with van der Waals surface area (Å²) in [7, 11) is 0. The number of carbonyl (C=O) groups is 2. The van der Waals surface area contributed by atoms with Crippen molar-refractivity contribution in [3.8, 4) is 0 Å². The molecule has 0 bridgehead atoms. The van der Waals surface area contributed by atoms with Gasteiger partial charge in [0.05, 0.1) is 12.5 Å². The highest BCUT2D eigenvalue weighted by molar-refractivity contribution is 7.19. The molecule has 7 heteroatoms. The van der Waals surface area contributed by atoms with Gasteiger partial charge in [-0.1, -0.05) is 74.9 Å². The topological polar surface area (TPSA) is 67.4 Å². The number of benzene rings is 3. The molecule has 0 aliphatic heterocycles. The number of amides is 1. The second-order valence-electron chi connectivity index (χ2n) is 14.1. The lowest BCUT2D eigenvalue weighted by Gasteiger charge is -2.32. The summed E-state index contributed by atoms with van der Waals surface area (Å²) in [6.07, 6.45) is 12.1. The molecule has 1 amide bonds. The van der Waals surface area contributed by atoms with Crippen LogP contribution < -0.4 is 10.6 Å². The summed E-state index contributed by atoms with van der Waals surface area (Å²) in [5.74, 6) is 0.501. The molecule has 256 valence electrons. The third-order valence-electron chi connectivity index (χ3n) is 10.8. The standard InChI is InChI=1S/C42H48N2O3S2/c1-27-33-17-9-11-19-35(33)48-40(27)38(29-13-5-3-6-14-29)44-32-23-21-31(22-24-32)42(46)43-26-25-37(45)47-39(30-15-7-4-8-16-30)41-28(2)34-18-10-12-20-36(34)49-41/h9-12,17-24,29-30,38-39,44H,3-8,13-16,25-26H2,1-2H3,(H,43,46). The molecular formula is C42H48N2O3S2. The molecule has 5 aromatic rings. The van der Waals surface area contributed by atoms with E-state index in [1.165, 1.54) is 92.4 Å². The summed E-state index contributed by atoms with van der Waals surface area (Å²) >= 11 is 3.67. The van der Waals surface area contributed by atoms with Crippen molar-refractivity contribution in [2.75, 3.05) is 11.9 Å². The van der Waals surface area contributed by atoms with Crippen LogP contribution in [0.5, 0.6) is 0 Å². The Morgan fingerprint density at radius 1 is 0.714 bits per heavy atom. The molecule has 2 aliphatic carbocycles. The largest absolute Gasteiger partial charge is 0.456 e. The Labute approximate surface area is 298 Å². The van der Waals surface area contributed by atoms with Gasteiger partial charge in [0, 0.05) is 42.9 Å². The average molecular weight is 693 g/mol. The number of hydrogen-bond donors (Lipinski definition) is 2.